The molecule has 1 fully saturated rings. The molecule has 32 heavy (non-hydrogen) atoms. The van der Waals surface area contributed by atoms with Crippen molar-refractivity contribution in [2.24, 2.45) is 5.92 Å². The lowest BCUT2D eigenvalue weighted by atomic mass is 9.95. The maximum atomic E-state index is 13.0. The molecule has 9 heteroatoms. The van der Waals surface area contributed by atoms with Crippen LogP contribution in [0, 0.1) is 5.92 Å². The van der Waals surface area contributed by atoms with E-state index < -0.39 is 6.04 Å². The second kappa shape index (κ2) is 11.3. The lowest BCUT2D eigenvalue weighted by Crippen LogP contribution is -2.53. The van der Waals surface area contributed by atoms with Gasteiger partial charge in [-0.2, -0.15) is 0 Å². The van der Waals surface area contributed by atoms with E-state index in [0.29, 0.717) is 5.13 Å². The number of nitrogens with one attached hydrogen (secondary N) is 3. The largest absolute Gasteiger partial charge is 0.378 e. The van der Waals surface area contributed by atoms with Crippen molar-refractivity contribution in [3.05, 3.63) is 24.3 Å². The molecular formula is C23H34N6O2S. The number of nitrogens with zero attached hydrogens (tertiary/aromatic N) is 3. The van der Waals surface area contributed by atoms with E-state index in [-0.39, 0.29) is 23.9 Å². The molecule has 0 aliphatic heterocycles. The highest BCUT2D eigenvalue weighted by atomic mass is 32.1. The Bertz CT molecular complexity index is 892. The number of carbonyl (C=O) groups excluding carboxylic acids is 2. The minimum atomic E-state index is -0.643. The molecule has 0 radical (unpaired) electrons. The Morgan fingerprint density at radius 2 is 1.81 bits per heavy atom. The Morgan fingerprint density at radius 3 is 2.44 bits per heavy atom. The Hall–Kier alpha value is -2.68. The zero-order valence-electron chi connectivity index (χ0n) is 19.4. The fourth-order valence-corrected chi connectivity index (χ4v) is 4.54. The summed E-state index contributed by atoms with van der Waals surface area (Å²) in [6.07, 6.45) is 6.26. The third-order valence-corrected chi connectivity index (χ3v) is 6.90. The normalized spacial score (nSPS) is 16.1. The van der Waals surface area contributed by atoms with Crippen molar-refractivity contribution in [2.45, 2.75) is 64.5 Å². The van der Waals surface area contributed by atoms with E-state index >= 15 is 0 Å². The SMILES string of the molecule is CCC(C)C(NC(=O)NC1CCCCC1)C(=O)Nc1nnc(-c2ccc(N(C)C)cc2)s1. The first-order valence-corrected chi connectivity index (χ1v) is 12.2. The standard InChI is InChI=1S/C23H34N6O2S/c1-5-15(2)19(25-22(31)24-17-9-7-6-8-10-17)20(30)26-23-28-27-21(32-23)16-11-13-18(14-12-16)29(3)4/h11-15,17,19H,5-10H2,1-4H3,(H2,24,25,31)(H,26,28,30). The van der Waals surface area contributed by atoms with Crippen molar-refractivity contribution in [2.75, 3.05) is 24.3 Å². The number of carbonyl (C=O) groups is 2. The third-order valence-electron chi connectivity index (χ3n) is 6.01. The molecule has 2 aromatic rings. The monoisotopic (exact) mass is 458 g/mol. The summed E-state index contributed by atoms with van der Waals surface area (Å²) in [6, 6.07) is 7.27. The summed E-state index contributed by atoms with van der Waals surface area (Å²) < 4.78 is 0. The average Bonchev–Trinajstić information content (AvgIpc) is 3.26. The Labute approximate surface area is 194 Å². The van der Waals surface area contributed by atoms with E-state index in [2.05, 4.69) is 26.1 Å². The van der Waals surface area contributed by atoms with Gasteiger partial charge in [0.15, 0.2) is 0 Å². The summed E-state index contributed by atoms with van der Waals surface area (Å²) >= 11 is 1.32. The lowest BCUT2D eigenvalue weighted by molar-refractivity contribution is -0.119. The van der Waals surface area contributed by atoms with Crippen molar-refractivity contribution < 1.29 is 9.59 Å². The van der Waals surface area contributed by atoms with Crippen molar-refractivity contribution in [3.8, 4) is 10.6 Å². The maximum Gasteiger partial charge on any atom is 0.315 e. The minimum Gasteiger partial charge on any atom is -0.378 e. The van der Waals surface area contributed by atoms with E-state index in [1.807, 2.05) is 57.1 Å². The molecule has 3 rings (SSSR count). The third kappa shape index (κ3) is 6.41. The van der Waals surface area contributed by atoms with Crippen LogP contribution in [0.4, 0.5) is 15.6 Å². The summed E-state index contributed by atoms with van der Waals surface area (Å²) in [5.41, 5.74) is 2.04. The number of amides is 3. The van der Waals surface area contributed by atoms with Gasteiger partial charge in [0.25, 0.3) is 0 Å². The van der Waals surface area contributed by atoms with Gasteiger partial charge in [0.05, 0.1) is 0 Å². The number of benzene rings is 1. The predicted octanol–water partition coefficient (Wildman–Crippen LogP) is 4.26. The van der Waals surface area contributed by atoms with Gasteiger partial charge in [-0.1, -0.05) is 50.9 Å². The molecule has 0 spiro atoms. The molecule has 1 aromatic heterocycles. The summed E-state index contributed by atoms with van der Waals surface area (Å²) in [7, 11) is 3.98. The van der Waals surface area contributed by atoms with Crippen molar-refractivity contribution in [1.82, 2.24) is 20.8 Å². The van der Waals surface area contributed by atoms with Gasteiger partial charge >= 0.3 is 6.03 Å². The molecule has 2 atom stereocenters. The molecule has 1 saturated carbocycles. The number of hydrogen-bond acceptors (Lipinski definition) is 6. The van der Waals surface area contributed by atoms with Crippen LogP contribution in [0.25, 0.3) is 10.6 Å². The smallest absolute Gasteiger partial charge is 0.315 e. The zero-order valence-corrected chi connectivity index (χ0v) is 20.2. The van der Waals surface area contributed by atoms with Crippen LogP contribution in [0.1, 0.15) is 52.4 Å². The van der Waals surface area contributed by atoms with Crippen LogP contribution in [-0.4, -0.2) is 48.3 Å². The van der Waals surface area contributed by atoms with Crippen molar-refractivity contribution in [1.29, 1.82) is 0 Å². The number of hydrogen-bond donors (Lipinski definition) is 3. The molecule has 1 aromatic carbocycles. The lowest BCUT2D eigenvalue weighted by Gasteiger charge is -2.26. The van der Waals surface area contributed by atoms with E-state index in [1.54, 1.807) is 0 Å². The predicted molar refractivity (Wildman–Crippen MR) is 130 cm³/mol. The first-order valence-electron chi connectivity index (χ1n) is 11.4. The summed E-state index contributed by atoms with van der Waals surface area (Å²) in [5.74, 6) is -0.290. The van der Waals surface area contributed by atoms with E-state index in [9.17, 15) is 9.59 Å². The fourth-order valence-electron chi connectivity index (χ4n) is 3.79. The van der Waals surface area contributed by atoms with Crippen LogP contribution in [-0.2, 0) is 4.79 Å². The van der Waals surface area contributed by atoms with E-state index in [0.717, 1.165) is 48.4 Å². The van der Waals surface area contributed by atoms with Gasteiger partial charge in [-0.15, -0.1) is 10.2 Å². The van der Waals surface area contributed by atoms with Gasteiger partial charge in [0.1, 0.15) is 11.0 Å². The number of rotatable bonds is 8. The van der Waals surface area contributed by atoms with Crippen LogP contribution in [0.2, 0.25) is 0 Å². The molecule has 3 N–H and O–H groups in total. The molecule has 0 saturated heterocycles. The van der Waals surface area contributed by atoms with Crippen LogP contribution < -0.4 is 20.9 Å². The molecule has 1 aliphatic carbocycles. The summed E-state index contributed by atoms with van der Waals surface area (Å²) in [6.45, 7) is 3.97. The van der Waals surface area contributed by atoms with Crippen molar-refractivity contribution >= 4 is 34.1 Å². The maximum absolute atomic E-state index is 13.0. The van der Waals surface area contributed by atoms with Gasteiger partial charge < -0.3 is 15.5 Å². The second-order valence-corrected chi connectivity index (χ2v) is 9.64. The molecule has 2 unspecified atom stereocenters. The number of anilines is 2. The Morgan fingerprint density at radius 1 is 1.12 bits per heavy atom. The summed E-state index contributed by atoms with van der Waals surface area (Å²) in [4.78, 5) is 27.5. The number of aromatic nitrogens is 2. The van der Waals surface area contributed by atoms with Gasteiger partial charge in [0, 0.05) is 31.4 Å². The van der Waals surface area contributed by atoms with Crippen LogP contribution >= 0.6 is 11.3 Å². The van der Waals surface area contributed by atoms with Crippen LogP contribution in [0.5, 0.6) is 0 Å². The molecule has 8 nitrogen and oxygen atoms in total. The van der Waals surface area contributed by atoms with Gasteiger partial charge in [-0.3, -0.25) is 10.1 Å². The van der Waals surface area contributed by atoms with Crippen LogP contribution in [0.15, 0.2) is 24.3 Å². The van der Waals surface area contributed by atoms with Gasteiger partial charge in [0.2, 0.25) is 11.0 Å². The highest BCUT2D eigenvalue weighted by molar-refractivity contribution is 7.18. The van der Waals surface area contributed by atoms with E-state index in [4.69, 9.17) is 0 Å². The van der Waals surface area contributed by atoms with Gasteiger partial charge in [-0.05, 0) is 43.0 Å². The highest BCUT2D eigenvalue weighted by Crippen LogP contribution is 2.28. The molecule has 3 amide bonds. The molecule has 174 valence electrons. The minimum absolute atomic E-state index is 0.0157. The van der Waals surface area contributed by atoms with Gasteiger partial charge in [-0.25, -0.2) is 4.79 Å². The fraction of sp³-hybridized carbons (Fsp3) is 0.565. The molecule has 1 aliphatic rings. The Kier molecular flexibility index (Phi) is 8.44. The second-order valence-electron chi connectivity index (χ2n) is 8.66. The van der Waals surface area contributed by atoms with Crippen LogP contribution in [0.3, 0.4) is 0 Å². The first kappa shape index (κ1) is 24.0. The van der Waals surface area contributed by atoms with E-state index in [1.165, 1.54) is 17.8 Å². The highest BCUT2D eigenvalue weighted by Gasteiger charge is 2.28. The number of urea groups is 1. The summed E-state index contributed by atoms with van der Waals surface area (Å²) in [5, 5.41) is 18.2. The molecule has 0 bridgehead atoms. The first-order chi connectivity index (χ1) is 15.4. The quantitative estimate of drug-likeness (QED) is 0.549. The topological polar surface area (TPSA) is 99.2 Å². The molecular weight excluding hydrogens is 424 g/mol. The average molecular weight is 459 g/mol. The zero-order chi connectivity index (χ0) is 23.1. The van der Waals surface area contributed by atoms with Crippen molar-refractivity contribution in [3.63, 3.8) is 0 Å². The Balaban J connectivity index is 1.62. The molecule has 1 heterocycles.